The molecule has 7 nitrogen and oxygen atoms in total. The summed E-state index contributed by atoms with van der Waals surface area (Å²) in [5.74, 6) is -0.207. The molecule has 0 atom stereocenters. The summed E-state index contributed by atoms with van der Waals surface area (Å²) in [6.07, 6.45) is 0. The van der Waals surface area contributed by atoms with Crippen molar-refractivity contribution in [3.63, 3.8) is 0 Å². The summed E-state index contributed by atoms with van der Waals surface area (Å²) >= 11 is 6.14. The highest BCUT2D eigenvalue weighted by Crippen LogP contribution is 2.25. The van der Waals surface area contributed by atoms with Crippen molar-refractivity contribution < 1.29 is 19.1 Å². The van der Waals surface area contributed by atoms with E-state index in [4.69, 9.17) is 21.1 Å². The molecule has 0 aliphatic heterocycles. The minimum atomic E-state index is -0.801. The highest BCUT2D eigenvalue weighted by Gasteiger charge is 2.21. The van der Waals surface area contributed by atoms with E-state index in [2.05, 4.69) is 10.1 Å². The van der Waals surface area contributed by atoms with Crippen molar-refractivity contribution in [2.75, 3.05) is 13.7 Å². The number of Topliss-reactive ketones (excluding diaryl/α,β-unsaturated/α-hetero) is 1. The number of ketones is 1. The van der Waals surface area contributed by atoms with E-state index in [0.717, 1.165) is 0 Å². The van der Waals surface area contributed by atoms with Crippen LogP contribution in [0.2, 0.25) is 5.02 Å². The number of ether oxygens (including phenoxy) is 2. The molecule has 0 saturated heterocycles. The van der Waals surface area contributed by atoms with Crippen LogP contribution in [0.4, 0.5) is 0 Å². The van der Waals surface area contributed by atoms with Gasteiger partial charge >= 0.3 is 5.97 Å². The Bertz CT molecular complexity index is 1250. The zero-order chi connectivity index (χ0) is 22.5. The van der Waals surface area contributed by atoms with Crippen LogP contribution in [-0.2, 0) is 4.74 Å². The Hall–Kier alpha value is -3.97. The van der Waals surface area contributed by atoms with Gasteiger partial charge in [0.05, 0.1) is 12.8 Å². The molecule has 3 aromatic carbocycles. The maximum atomic E-state index is 12.6. The van der Waals surface area contributed by atoms with E-state index in [0.29, 0.717) is 33.4 Å². The highest BCUT2D eigenvalue weighted by molar-refractivity contribution is 6.30. The van der Waals surface area contributed by atoms with E-state index in [9.17, 15) is 9.59 Å². The van der Waals surface area contributed by atoms with Gasteiger partial charge in [-0.25, -0.2) is 14.5 Å². The van der Waals surface area contributed by atoms with Crippen molar-refractivity contribution >= 4 is 23.4 Å². The van der Waals surface area contributed by atoms with Gasteiger partial charge in [0.2, 0.25) is 0 Å². The van der Waals surface area contributed by atoms with E-state index >= 15 is 0 Å². The molecule has 1 heterocycles. The SMILES string of the molecule is COc1ccc(-n2nc(C(=O)OCC(=O)c3ccccc3)nc2-c2cccc(Cl)c2)cc1. The number of aromatic nitrogens is 3. The Morgan fingerprint density at radius 1 is 0.969 bits per heavy atom. The van der Waals surface area contributed by atoms with Crippen molar-refractivity contribution in [3.8, 4) is 22.8 Å². The molecule has 0 bridgehead atoms. The van der Waals surface area contributed by atoms with Gasteiger partial charge < -0.3 is 9.47 Å². The fourth-order valence-corrected chi connectivity index (χ4v) is 3.21. The second-order valence-electron chi connectivity index (χ2n) is 6.74. The lowest BCUT2D eigenvalue weighted by Crippen LogP contribution is -2.15. The Balaban J connectivity index is 1.63. The molecule has 0 saturated carbocycles. The molecule has 0 radical (unpaired) electrons. The summed E-state index contributed by atoms with van der Waals surface area (Å²) in [6.45, 7) is -0.410. The van der Waals surface area contributed by atoms with Crippen LogP contribution in [0.25, 0.3) is 17.1 Å². The molecular weight excluding hydrogens is 430 g/mol. The molecule has 0 fully saturated rings. The number of nitrogens with zero attached hydrogens (tertiary/aromatic N) is 3. The average Bonchev–Trinajstić information content (AvgIpc) is 3.28. The molecule has 0 spiro atoms. The fourth-order valence-electron chi connectivity index (χ4n) is 3.02. The number of halogens is 1. The van der Waals surface area contributed by atoms with Gasteiger partial charge in [-0.2, -0.15) is 0 Å². The van der Waals surface area contributed by atoms with Crippen LogP contribution in [0.15, 0.2) is 78.9 Å². The third-order valence-corrected chi connectivity index (χ3v) is 4.85. The molecule has 4 aromatic rings. The molecule has 0 amide bonds. The first-order valence-corrected chi connectivity index (χ1v) is 10.1. The molecule has 0 N–H and O–H groups in total. The van der Waals surface area contributed by atoms with Crippen LogP contribution in [0, 0.1) is 0 Å². The van der Waals surface area contributed by atoms with Crippen LogP contribution in [0.1, 0.15) is 21.0 Å². The number of hydrogen-bond donors (Lipinski definition) is 0. The average molecular weight is 448 g/mol. The lowest BCUT2D eigenvalue weighted by molar-refractivity contribution is 0.0462. The number of carbonyl (C=O) groups is 2. The van der Waals surface area contributed by atoms with Crippen LogP contribution >= 0.6 is 11.6 Å². The third-order valence-electron chi connectivity index (χ3n) is 4.62. The van der Waals surface area contributed by atoms with E-state index in [-0.39, 0.29) is 11.6 Å². The summed E-state index contributed by atoms with van der Waals surface area (Å²) in [4.78, 5) is 29.2. The summed E-state index contributed by atoms with van der Waals surface area (Å²) in [5, 5.41) is 4.85. The van der Waals surface area contributed by atoms with Gasteiger partial charge in [0, 0.05) is 16.1 Å². The highest BCUT2D eigenvalue weighted by atomic mass is 35.5. The number of methoxy groups -OCH3 is 1. The maximum Gasteiger partial charge on any atom is 0.378 e. The minimum Gasteiger partial charge on any atom is -0.497 e. The number of rotatable bonds is 7. The van der Waals surface area contributed by atoms with E-state index in [1.807, 2.05) is 6.07 Å². The van der Waals surface area contributed by atoms with E-state index in [1.165, 1.54) is 4.68 Å². The summed E-state index contributed by atoms with van der Waals surface area (Å²) in [6, 6.07) is 22.8. The van der Waals surface area contributed by atoms with Gasteiger partial charge in [-0.3, -0.25) is 4.79 Å². The van der Waals surface area contributed by atoms with Crippen molar-refractivity contribution in [3.05, 3.63) is 95.3 Å². The second kappa shape index (κ2) is 9.45. The first kappa shape index (κ1) is 21.3. The fraction of sp³-hybridized carbons (Fsp3) is 0.0833. The summed E-state index contributed by atoms with van der Waals surface area (Å²) in [7, 11) is 1.58. The summed E-state index contributed by atoms with van der Waals surface area (Å²) < 4.78 is 11.9. The minimum absolute atomic E-state index is 0.170. The zero-order valence-electron chi connectivity index (χ0n) is 17.1. The largest absolute Gasteiger partial charge is 0.497 e. The number of hydrogen-bond acceptors (Lipinski definition) is 6. The van der Waals surface area contributed by atoms with Gasteiger partial charge in [-0.1, -0.05) is 54.1 Å². The van der Waals surface area contributed by atoms with Gasteiger partial charge in [0.15, 0.2) is 18.2 Å². The Kier molecular flexibility index (Phi) is 6.28. The van der Waals surface area contributed by atoms with Crippen LogP contribution in [-0.4, -0.2) is 40.2 Å². The number of carbonyl (C=O) groups excluding carboxylic acids is 2. The molecule has 0 unspecified atom stereocenters. The van der Waals surface area contributed by atoms with E-state index < -0.39 is 12.6 Å². The van der Waals surface area contributed by atoms with Crippen LogP contribution in [0.5, 0.6) is 5.75 Å². The Labute approximate surface area is 189 Å². The van der Waals surface area contributed by atoms with E-state index in [1.54, 1.807) is 79.9 Å². The second-order valence-corrected chi connectivity index (χ2v) is 7.18. The van der Waals surface area contributed by atoms with Crippen molar-refractivity contribution in [1.82, 2.24) is 14.8 Å². The molecule has 32 heavy (non-hydrogen) atoms. The number of esters is 1. The van der Waals surface area contributed by atoms with Gasteiger partial charge in [-0.15, -0.1) is 5.10 Å². The van der Waals surface area contributed by atoms with Crippen LogP contribution in [0.3, 0.4) is 0 Å². The predicted molar refractivity (Wildman–Crippen MR) is 119 cm³/mol. The van der Waals surface area contributed by atoms with Gasteiger partial charge in [0.25, 0.3) is 5.82 Å². The first-order chi connectivity index (χ1) is 15.5. The monoisotopic (exact) mass is 447 g/mol. The van der Waals surface area contributed by atoms with Crippen molar-refractivity contribution in [2.24, 2.45) is 0 Å². The molecule has 0 aliphatic rings. The molecule has 8 heteroatoms. The smallest absolute Gasteiger partial charge is 0.378 e. The zero-order valence-corrected chi connectivity index (χ0v) is 17.8. The maximum absolute atomic E-state index is 12.6. The predicted octanol–water partition coefficient (Wildman–Crippen LogP) is 4.64. The lowest BCUT2D eigenvalue weighted by atomic mass is 10.1. The van der Waals surface area contributed by atoms with Crippen molar-refractivity contribution in [2.45, 2.75) is 0 Å². The Morgan fingerprint density at radius 2 is 1.72 bits per heavy atom. The van der Waals surface area contributed by atoms with Gasteiger partial charge in [-0.05, 0) is 36.4 Å². The molecule has 0 aliphatic carbocycles. The van der Waals surface area contributed by atoms with Crippen LogP contribution < -0.4 is 4.74 Å². The van der Waals surface area contributed by atoms with Crippen molar-refractivity contribution in [1.29, 1.82) is 0 Å². The molecule has 160 valence electrons. The standard InChI is InChI=1S/C24H18ClN3O4/c1-31-20-12-10-19(11-13-20)28-23(17-8-5-9-18(25)14-17)26-22(27-28)24(30)32-15-21(29)16-6-3-2-4-7-16/h2-14H,15H2,1H3. The Morgan fingerprint density at radius 3 is 2.41 bits per heavy atom. The third kappa shape index (κ3) is 4.68. The summed E-state index contributed by atoms with van der Waals surface area (Å²) in [5.41, 5.74) is 1.78. The quantitative estimate of drug-likeness (QED) is 0.303. The molecule has 4 rings (SSSR count). The lowest BCUT2D eigenvalue weighted by Gasteiger charge is -2.07. The number of benzene rings is 3. The molecule has 1 aromatic heterocycles. The molecular formula is C24H18ClN3O4. The first-order valence-electron chi connectivity index (χ1n) is 9.68. The van der Waals surface area contributed by atoms with Gasteiger partial charge in [0.1, 0.15) is 5.75 Å². The normalized spacial score (nSPS) is 10.6. The topological polar surface area (TPSA) is 83.3 Å².